The zero-order valence-corrected chi connectivity index (χ0v) is 10.4. The molecule has 1 aromatic heterocycles. The van der Waals surface area contributed by atoms with Gasteiger partial charge in [0.1, 0.15) is 0 Å². The van der Waals surface area contributed by atoms with Crippen molar-refractivity contribution in [1.29, 1.82) is 0 Å². The van der Waals surface area contributed by atoms with Crippen molar-refractivity contribution in [2.45, 2.75) is 25.9 Å². The van der Waals surface area contributed by atoms with Crippen molar-refractivity contribution in [2.75, 3.05) is 11.9 Å². The molecule has 94 valence electrons. The quantitative estimate of drug-likeness (QED) is 0.869. The molecule has 0 radical (unpaired) electrons. The van der Waals surface area contributed by atoms with E-state index in [4.69, 9.17) is 4.74 Å². The van der Waals surface area contributed by atoms with Gasteiger partial charge in [0.15, 0.2) is 5.82 Å². The van der Waals surface area contributed by atoms with Gasteiger partial charge in [-0.15, -0.1) is 0 Å². The topological polar surface area (TPSA) is 49.9 Å². The van der Waals surface area contributed by atoms with Gasteiger partial charge in [-0.1, -0.05) is 17.7 Å². The lowest BCUT2D eigenvalue weighted by Gasteiger charge is -2.04. The Morgan fingerprint density at radius 3 is 2.89 bits per heavy atom. The summed E-state index contributed by atoms with van der Waals surface area (Å²) in [4.78, 5) is 0. The number of hydrogen-bond acceptors (Lipinski definition) is 3. The summed E-state index contributed by atoms with van der Waals surface area (Å²) < 4.78 is 5.62. The van der Waals surface area contributed by atoms with Crippen LogP contribution in [-0.2, 0) is 4.74 Å². The number of H-pyrrole nitrogens is 1. The molecule has 0 bridgehead atoms. The highest BCUT2D eigenvalue weighted by molar-refractivity contribution is 5.56. The minimum absolute atomic E-state index is 0.186. The lowest BCUT2D eigenvalue weighted by atomic mass is 10.2. The minimum atomic E-state index is 0.186. The molecule has 2 aromatic rings. The number of nitrogens with zero attached hydrogens (tertiary/aromatic N) is 1. The normalized spacial score (nSPS) is 19.1. The first-order valence-electron chi connectivity index (χ1n) is 6.32. The Morgan fingerprint density at radius 1 is 1.33 bits per heavy atom. The summed E-state index contributed by atoms with van der Waals surface area (Å²) in [7, 11) is 0. The van der Waals surface area contributed by atoms with E-state index in [-0.39, 0.29) is 6.10 Å². The van der Waals surface area contributed by atoms with Crippen LogP contribution in [0.1, 0.15) is 30.2 Å². The van der Waals surface area contributed by atoms with Crippen molar-refractivity contribution in [3.05, 3.63) is 41.6 Å². The molecular formula is C14H17N3O. The second-order valence-electron chi connectivity index (χ2n) is 4.70. The number of nitrogens with one attached hydrogen (secondary N) is 2. The van der Waals surface area contributed by atoms with Crippen LogP contribution in [0.15, 0.2) is 30.3 Å². The molecule has 1 saturated heterocycles. The predicted octanol–water partition coefficient (Wildman–Crippen LogP) is 3.31. The van der Waals surface area contributed by atoms with E-state index in [1.165, 1.54) is 5.56 Å². The number of aromatic nitrogens is 2. The maximum absolute atomic E-state index is 5.62. The first kappa shape index (κ1) is 11.3. The summed E-state index contributed by atoms with van der Waals surface area (Å²) in [5.41, 5.74) is 3.36. The number of rotatable bonds is 3. The highest BCUT2D eigenvalue weighted by Gasteiger charge is 2.19. The Kier molecular flexibility index (Phi) is 3.02. The van der Waals surface area contributed by atoms with Gasteiger partial charge in [-0.2, -0.15) is 5.10 Å². The molecule has 1 fully saturated rings. The van der Waals surface area contributed by atoms with Crippen LogP contribution in [0.4, 0.5) is 11.5 Å². The van der Waals surface area contributed by atoms with E-state index in [2.05, 4.69) is 46.7 Å². The molecule has 1 unspecified atom stereocenters. The van der Waals surface area contributed by atoms with Crippen LogP contribution in [0.2, 0.25) is 0 Å². The first-order valence-corrected chi connectivity index (χ1v) is 6.32. The summed E-state index contributed by atoms with van der Waals surface area (Å²) in [5.74, 6) is 0.837. The van der Waals surface area contributed by atoms with Gasteiger partial charge in [-0.25, -0.2) is 0 Å². The average Bonchev–Trinajstić information content (AvgIpc) is 3.02. The van der Waals surface area contributed by atoms with Crippen molar-refractivity contribution in [3.8, 4) is 0 Å². The maximum Gasteiger partial charge on any atom is 0.152 e. The van der Waals surface area contributed by atoms with Crippen LogP contribution in [0.5, 0.6) is 0 Å². The second kappa shape index (κ2) is 4.82. The Hall–Kier alpha value is -1.81. The van der Waals surface area contributed by atoms with Crippen LogP contribution in [0.25, 0.3) is 0 Å². The van der Waals surface area contributed by atoms with Crippen LogP contribution in [0, 0.1) is 6.92 Å². The molecule has 2 heterocycles. The molecule has 1 aliphatic heterocycles. The summed E-state index contributed by atoms with van der Waals surface area (Å²) in [6.07, 6.45) is 2.39. The zero-order valence-electron chi connectivity index (χ0n) is 10.4. The van der Waals surface area contributed by atoms with Gasteiger partial charge in [-0.3, -0.25) is 5.10 Å². The molecule has 0 spiro atoms. The second-order valence-corrected chi connectivity index (χ2v) is 4.70. The fourth-order valence-corrected chi connectivity index (χ4v) is 2.17. The van der Waals surface area contributed by atoms with E-state index in [9.17, 15) is 0 Å². The Balaban J connectivity index is 1.71. The largest absolute Gasteiger partial charge is 0.372 e. The molecule has 1 aliphatic rings. The van der Waals surface area contributed by atoms with Gasteiger partial charge < -0.3 is 10.1 Å². The predicted molar refractivity (Wildman–Crippen MR) is 71.0 cm³/mol. The van der Waals surface area contributed by atoms with Gasteiger partial charge in [0.25, 0.3) is 0 Å². The smallest absolute Gasteiger partial charge is 0.152 e. The lowest BCUT2D eigenvalue weighted by molar-refractivity contribution is 0.108. The third-order valence-corrected chi connectivity index (χ3v) is 3.20. The summed E-state index contributed by atoms with van der Waals surface area (Å²) in [6.45, 7) is 2.93. The fraction of sp³-hybridized carbons (Fsp3) is 0.357. The molecule has 0 amide bonds. The fourth-order valence-electron chi connectivity index (χ4n) is 2.17. The SMILES string of the molecule is Cc1ccc(Nc2cc(C3CCCO3)[nH]n2)cc1. The highest BCUT2D eigenvalue weighted by Crippen LogP contribution is 2.28. The number of anilines is 2. The lowest BCUT2D eigenvalue weighted by Crippen LogP contribution is -1.95. The van der Waals surface area contributed by atoms with Gasteiger partial charge in [-0.05, 0) is 31.9 Å². The van der Waals surface area contributed by atoms with E-state index in [1.807, 2.05) is 6.07 Å². The minimum Gasteiger partial charge on any atom is -0.372 e. The third-order valence-electron chi connectivity index (χ3n) is 3.20. The molecule has 1 aromatic carbocycles. The number of aromatic amines is 1. The molecular weight excluding hydrogens is 226 g/mol. The van der Waals surface area contributed by atoms with Crippen LogP contribution in [0.3, 0.4) is 0 Å². The Labute approximate surface area is 106 Å². The monoisotopic (exact) mass is 243 g/mol. The van der Waals surface area contributed by atoms with Crippen molar-refractivity contribution in [3.63, 3.8) is 0 Å². The van der Waals surface area contributed by atoms with Gasteiger partial charge >= 0.3 is 0 Å². The standard InChI is InChI=1S/C14H17N3O/c1-10-4-6-11(7-5-10)15-14-9-12(16-17-14)13-3-2-8-18-13/h4-7,9,13H,2-3,8H2,1H3,(H2,15,16,17). The number of ether oxygens (including phenoxy) is 1. The van der Waals surface area contributed by atoms with E-state index < -0.39 is 0 Å². The van der Waals surface area contributed by atoms with Gasteiger partial charge in [0.05, 0.1) is 11.8 Å². The first-order chi connectivity index (χ1) is 8.81. The van der Waals surface area contributed by atoms with Crippen LogP contribution >= 0.6 is 0 Å². The molecule has 2 N–H and O–H groups in total. The van der Waals surface area contributed by atoms with Crippen LogP contribution in [-0.4, -0.2) is 16.8 Å². The molecule has 4 heteroatoms. The Morgan fingerprint density at radius 2 is 2.17 bits per heavy atom. The van der Waals surface area contributed by atoms with E-state index in [1.54, 1.807) is 0 Å². The zero-order chi connectivity index (χ0) is 12.4. The third kappa shape index (κ3) is 2.38. The number of aryl methyl sites for hydroxylation is 1. The molecule has 1 atom stereocenters. The van der Waals surface area contributed by atoms with Crippen molar-refractivity contribution >= 4 is 11.5 Å². The van der Waals surface area contributed by atoms with Crippen molar-refractivity contribution in [2.24, 2.45) is 0 Å². The molecule has 18 heavy (non-hydrogen) atoms. The van der Waals surface area contributed by atoms with Gasteiger partial charge in [0.2, 0.25) is 0 Å². The number of benzene rings is 1. The van der Waals surface area contributed by atoms with Crippen LogP contribution < -0.4 is 5.32 Å². The van der Waals surface area contributed by atoms with Gasteiger partial charge in [0, 0.05) is 18.4 Å². The molecule has 3 rings (SSSR count). The molecule has 0 aliphatic carbocycles. The summed E-state index contributed by atoms with van der Waals surface area (Å²) in [6, 6.07) is 10.3. The molecule has 4 nitrogen and oxygen atoms in total. The number of hydrogen-bond donors (Lipinski definition) is 2. The maximum atomic E-state index is 5.62. The van der Waals surface area contributed by atoms with Crippen molar-refractivity contribution in [1.82, 2.24) is 10.2 Å². The summed E-state index contributed by atoms with van der Waals surface area (Å²) in [5, 5.41) is 10.6. The van der Waals surface area contributed by atoms with E-state index in [0.29, 0.717) is 0 Å². The van der Waals surface area contributed by atoms with E-state index in [0.717, 1.165) is 36.6 Å². The van der Waals surface area contributed by atoms with Crippen molar-refractivity contribution < 1.29 is 4.74 Å². The average molecular weight is 243 g/mol. The molecule has 0 saturated carbocycles. The summed E-state index contributed by atoms with van der Waals surface area (Å²) >= 11 is 0. The van der Waals surface area contributed by atoms with E-state index >= 15 is 0 Å². The highest BCUT2D eigenvalue weighted by atomic mass is 16.5. The Bertz CT molecular complexity index is 512.